The topological polar surface area (TPSA) is 69.9 Å². The Morgan fingerprint density at radius 3 is 2.72 bits per heavy atom. The molecule has 29 heavy (non-hydrogen) atoms. The van der Waals surface area contributed by atoms with Crippen LogP contribution in [0.1, 0.15) is 54.4 Å². The molecule has 0 amide bonds. The van der Waals surface area contributed by atoms with Crippen molar-refractivity contribution in [3.63, 3.8) is 0 Å². The lowest BCUT2D eigenvalue weighted by Gasteiger charge is -2.33. The van der Waals surface area contributed by atoms with Crippen LogP contribution >= 0.6 is 11.8 Å². The third-order valence-electron chi connectivity index (χ3n) is 5.66. The van der Waals surface area contributed by atoms with E-state index in [-0.39, 0.29) is 12.4 Å². The Bertz CT molecular complexity index is 866. The Balaban J connectivity index is 1.66. The average molecular weight is 413 g/mol. The Kier molecular flexibility index (Phi) is 6.30. The number of allylic oxidation sites excluding steroid dienone is 6. The number of aromatic hydroxyl groups is 1. The van der Waals surface area contributed by atoms with E-state index in [2.05, 4.69) is 18.1 Å². The molecule has 2 aliphatic heterocycles. The second kappa shape index (κ2) is 8.92. The molecule has 0 spiro atoms. The highest BCUT2D eigenvalue weighted by Crippen LogP contribution is 2.46. The van der Waals surface area contributed by atoms with Gasteiger partial charge in [-0.3, -0.25) is 0 Å². The monoisotopic (exact) mass is 412 g/mol. The number of aliphatic hydroxyl groups excluding tert-OH is 2. The molecular weight excluding hydrogens is 384 g/mol. The van der Waals surface area contributed by atoms with Crippen LogP contribution in [0.5, 0.6) is 5.75 Å². The lowest BCUT2D eigenvalue weighted by Crippen LogP contribution is -2.33. The van der Waals surface area contributed by atoms with Gasteiger partial charge in [-0.2, -0.15) is 0 Å². The summed E-state index contributed by atoms with van der Waals surface area (Å²) < 4.78 is 5.96. The number of hydrogen-bond donors (Lipinski definition) is 3. The first-order valence-corrected chi connectivity index (χ1v) is 11.1. The van der Waals surface area contributed by atoms with Gasteiger partial charge in [0.05, 0.1) is 24.9 Å². The van der Waals surface area contributed by atoms with Crippen LogP contribution in [0.4, 0.5) is 0 Å². The SMILES string of the molecule is C=C1/C=C\C=C/S/C(Cc2cc(C3CC(O)CC(CO)O3)c(O)cc2C2CC2)=C\1. The molecule has 3 atom stereocenters. The summed E-state index contributed by atoms with van der Waals surface area (Å²) in [5, 5.41) is 32.5. The van der Waals surface area contributed by atoms with Crippen LogP contribution in [-0.2, 0) is 11.2 Å². The number of rotatable bonds is 5. The molecule has 3 unspecified atom stereocenters. The van der Waals surface area contributed by atoms with Gasteiger partial charge in [0.1, 0.15) is 5.75 Å². The first kappa shape index (κ1) is 20.5. The number of thioether (sulfide) groups is 1. The van der Waals surface area contributed by atoms with Gasteiger partial charge in [0, 0.05) is 24.8 Å². The lowest BCUT2D eigenvalue weighted by molar-refractivity contribution is -0.114. The molecule has 0 bridgehead atoms. The van der Waals surface area contributed by atoms with Crippen LogP contribution in [-0.4, -0.2) is 34.1 Å². The molecule has 3 N–H and O–H groups in total. The fraction of sp³-hybridized carbons (Fsp3) is 0.417. The minimum Gasteiger partial charge on any atom is -0.508 e. The van der Waals surface area contributed by atoms with Crippen molar-refractivity contribution in [1.29, 1.82) is 0 Å². The maximum atomic E-state index is 10.7. The molecule has 2 fully saturated rings. The van der Waals surface area contributed by atoms with Crippen LogP contribution in [0.25, 0.3) is 0 Å². The molecule has 5 heteroatoms. The highest BCUT2D eigenvalue weighted by atomic mass is 32.2. The second-order valence-corrected chi connectivity index (χ2v) is 9.14. The number of aliphatic hydroxyl groups is 2. The Labute approximate surface area is 176 Å². The highest BCUT2D eigenvalue weighted by molar-refractivity contribution is 8.05. The molecule has 1 saturated carbocycles. The maximum absolute atomic E-state index is 10.7. The maximum Gasteiger partial charge on any atom is 0.121 e. The molecule has 1 aromatic carbocycles. The minimum absolute atomic E-state index is 0.132. The molecular formula is C24H28O4S. The van der Waals surface area contributed by atoms with Crippen LogP contribution in [0.15, 0.2) is 58.9 Å². The quantitative estimate of drug-likeness (QED) is 0.657. The first-order valence-electron chi connectivity index (χ1n) is 10.2. The standard InChI is InChI=1S/C24H28O4S/c1-15-4-2-3-7-29-20(8-15)9-17-10-22(23(27)13-21(17)16-5-6-16)24-12-18(26)11-19(14-25)28-24/h2-4,7-8,10,13,16,18-19,24-27H,1,5-6,9,11-12,14H2/b4-2-,7-3-,20-8-. The summed E-state index contributed by atoms with van der Waals surface area (Å²) >= 11 is 1.69. The van der Waals surface area contributed by atoms with Crippen molar-refractivity contribution >= 4 is 11.8 Å². The van der Waals surface area contributed by atoms with Crippen LogP contribution in [0.2, 0.25) is 0 Å². The normalized spacial score (nSPS) is 31.4. The predicted octanol–water partition coefficient (Wildman–Crippen LogP) is 4.64. The van der Waals surface area contributed by atoms with Gasteiger partial charge >= 0.3 is 0 Å². The lowest BCUT2D eigenvalue weighted by atomic mass is 9.90. The molecule has 0 radical (unpaired) electrons. The van der Waals surface area contributed by atoms with Gasteiger partial charge in [0.2, 0.25) is 0 Å². The second-order valence-electron chi connectivity index (χ2n) is 8.11. The van der Waals surface area contributed by atoms with Crippen LogP contribution < -0.4 is 0 Å². The summed E-state index contributed by atoms with van der Waals surface area (Å²) in [5.41, 5.74) is 4.06. The van der Waals surface area contributed by atoms with Crippen molar-refractivity contribution in [3.05, 3.63) is 75.6 Å². The van der Waals surface area contributed by atoms with Crippen molar-refractivity contribution in [1.82, 2.24) is 0 Å². The van der Waals surface area contributed by atoms with Gasteiger partial charge in [0.25, 0.3) is 0 Å². The Morgan fingerprint density at radius 1 is 1.14 bits per heavy atom. The summed E-state index contributed by atoms with van der Waals surface area (Å²) in [7, 11) is 0. The fourth-order valence-electron chi connectivity index (χ4n) is 4.08. The number of phenolic OH excluding ortho intramolecular Hbond substituents is 1. The van der Waals surface area contributed by atoms with Crippen LogP contribution in [0, 0.1) is 0 Å². The van der Waals surface area contributed by atoms with Crippen molar-refractivity contribution < 1.29 is 20.1 Å². The van der Waals surface area contributed by atoms with Crippen molar-refractivity contribution in [3.8, 4) is 5.75 Å². The fourth-order valence-corrected chi connectivity index (χ4v) is 4.88. The van der Waals surface area contributed by atoms with Gasteiger partial charge in [0.15, 0.2) is 0 Å². The van der Waals surface area contributed by atoms with Gasteiger partial charge in [-0.05, 0) is 64.0 Å². The molecule has 2 heterocycles. The molecule has 1 saturated heterocycles. The van der Waals surface area contributed by atoms with Gasteiger partial charge in [-0.1, -0.05) is 24.8 Å². The largest absolute Gasteiger partial charge is 0.508 e. The van der Waals surface area contributed by atoms with Gasteiger partial charge in [-0.15, -0.1) is 11.8 Å². The van der Waals surface area contributed by atoms with Crippen molar-refractivity contribution in [2.24, 2.45) is 0 Å². The Morgan fingerprint density at radius 2 is 1.97 bits per heavy atom. The Hall–Kier alpha value is -1.79. The van der Waals surface area contributed by atoms with E-state index in [1.54, 1.807) is 11.8 Å². The van der Waals surface area contributed by atoms with Gasteiger partial charge < -0.3 is 20.1 Å². The van der Waals surface area contributed by atoms with Crippen molar-refractivity contribution in [2.45, 2.75) is 56.3 Å². The summed E-state index contributed by atoms with van der Waals surface area (Å²) in [6.45, 7) is 3.95. The smallest absolute Gasteiger partial charge is 0.121 e. The molecule has 1 aliphatic carbocycles. The zero-order chi connectivity index (χ0) is 20.4. The van der Waals surface area contributed by atoms with E-state index in [4.69, 9.17) is 4.74 Å². The first-order chi connectivity index (χ1) is 14.0. The number of phenols is 1. The summed E-state index contributed by atoms with van der Waals surface area (Å²) in [6.07, 6.45) is 10.7. The third-order valence-corrected chi connectivity index (χ3v) is 6.52. The minimum atomic E-state index is -0.541. The molecule has 3 aliphatic rings. The van der Waals surface area contributed by atoms with E-state index < -0.39 is 18.3 Å². The summed E-state index contributed by atoms with van der Waals surface area (Å²) in [5.74, 6) is 0.726. The summed E-state index contributed by atoms with van der Waals surface area (Å²) in [6, 6.07) is 3.93. The number of ether oxygens (including phenoxy) is 1. The van der Waals surface area contributed by atoms with E-state index in [0.717, 1.165) is 24.8 Å². The number of benzene rings is 1. The predicted molar refractivity (Wildman–Crippen MR) is 117 cm³/mol. The number of hydrogen-bond acceptors (Lipinski definition) is 5. The van der Waals surface area contributed by atoms with E-state index in [1.165, 1.54) is 16.0 Å². The van der Waals surface area contributed by atoms with E-state index in [0.29, 0.717) is 24.3 Å². The molecule has 0 aromatic heterocycles. The molecule has 154 valence electrons. The molecule has 4 rings (SSSR count). The average Bonchev–Trinajstić information content (AvgIpc) is 3.51. The van der Waals surface area contributed by atoms with Gasteiger partial charge in [-0.25, -0.2) is 0 Å². The van der Waals surface area contributed by atoms with Crippen molar-refractivity contribution in [2.75, 3.05) is 6.61 Å². The highest BCUT2D eigenvalue weighted by Gasteiger charge is 2.33. The zero-order valence-corrected chi connectivity index (χ0v) is 17.3. The van der Waals surface area contributed by atoms with E-state index in [9.17, 15) is 15.3 Å². The summed E-state index contributed by atoms with van der Waals surface area (Å²) in [4.78, 5) is 1.20. The molecule has 4 nitrogen and oxygen atoms in total. The van der Waals surface area contributed by atoms with Crippen LogP contribution in [0.3, 0.4) is 0 Å². The van der Waals surface area contributed by atoms with E-state index in [1.807, 2.05) is 30.4 Å². The molecule has 1 aromatic rings. The third kappa shape index (κ3) is 5.04. The zero-order valence-electron chi connectivity index (χ0n) is 16.5. The van der Waals surface area contributed by atoms with E-state index >= 15 is 0 Å².